The predicted molar refractivity (Wildman–Crippen MR) is 119 cm³/mol. The van der Waals surface area contributed by atoms with Crippen molar-refractivity contribution in [1.29, 1.82) is 0 Å². The van der Waals surface area contributed by atoms with Crippen LogP contribution in [0.5, 0.6) is 0 Å². The van der Waals surface area contributed by atoms with Crippen molar-refractivity contribution >= 4 is 23.4 Å². The van der Waals surface area contributed by atoms with Gasteiger partial charge in [0.2, 0.25) is 0 Å². The van der Waals surface area contributed by atoms with Crippen LogP contribution < -0.4 is 11.1 Å². The Hall–Kier alpha value is -3.55. The minimum absolute atomic E-state index is 0.0618. The van der Waals surface area contributed by atoms with Crippen LogP contribution in [-0.4, -0.2) is 43.8 Å². The molecule has 1 amide bonds. The maximum Gasteiger partial charge on any atom is 0.257 e. The third kappa shape index (κ3) is 3.69. The number of nitrogen functional groups attached to an aromatic ring is 1. The number of fused-ring (bicyclic) bond motifs is 1. The van der Waals surface area contributed by atoms with Crippen LogP contribution in [0.3, 0.4) is 0 Å². The molecule has 3 fully saturated rings. The number of anilines is 3. The number of nitrogens with two attached hydrogens (primary N) is 1. The first-order valence-electron chi connectivity index (χ1n) is 10.5. The van der Waals surface area contributed by atoms with E-state index < -0.39 is 0 Å². The van der Waals surface area contributed by atoms with E-state index in [1.807, 2.05) is 37.1 Å². The van der Waals surface area contributed by atoms with E-state index in [9.17, 15) is 4.79 Å². The zero-order valence-electron chi connectivity index (χ0n) is 17.6. The van der Waals surface area contributed by atoms with Gasteiger partial charge >= 0.3 is 0 Å². The molecule has 3 aliphatic rings. The molecule has 3 N–H and O–H groups in total. The van der Waals surface area contributed by atoms with E-state index in [1.165, 1.54) is 12.8 Å². The Morgan fingerprint density at radius 2 is 1.87 bits per heavy atom. The Balaban J connectivity index is 1.40. The summed E-state index contributed by atoms with van der Waals surface area (Å²) in [6.07, 6.45) is 8.68. The topological polar surface area (TPSA) is 110 Å². The number of hydrogen-bond acceptors (Lipinski definition) is 7. The predicted octanol–water partition coefficient (Wildman–Crippen LogP) is 3.44. The zero-order valence-corrected chi connectivity index (χ0v) is 17.6. The van der Waals surface area contributed by atoms with Gasteiger partial charge < -0.3 is 16.0 Å². The van der Waals surface area contributed by atoms with Crippen LogP contribution in [0.1, 0.15) is 35.4 Å². The van der Waals surface area contributed by atoms with Gasteiger partial charge in [-0.05, 0) is 67.9 Å². The first kappa shape index (κ1) is 19.4. The molecule has 0 aromatic carbocycles. The average Bonchev–Trinajstić information content (AvgIpc) is 3.35. The van der Waals surface area contributed by atoms with Crippen molar-refractivity contribution in [2.45, 2.75) is 32.2 Å². The van der Waals surface area contributed by atoms with Gasteiger partial charge in [0.05, 0.1) is 5.56 Å². The molecule has 0 saturated heterocycles. The summed E-state index contributed by atoms with van der Waals surface area (Å²) in [5, 5.41) is 3.19. The highest BCUT2D eigenvalue weighted by Gasteiger charge is 2.47. The number of aromatic nitrogens is 4. The van der Waals surface area contributed by atoms with Gasteiger partial charge in [0.1, 0.15) is 23.3 Å². The van der Waals surface area contributed by atoms with E-state index in [2.05, 4.69) is 25.3 Å². The molecule has 3 saturated carbocycles. The molecule has 8 nitrogen and oxygen atoms in total. The maximum absolute atomic E-state index is 13.2. The Morgan fingerprint density at radius 3 is 2.61 bits per heavy atom. The summed E-state index contributed by atoms with van der Waals surface area (Å²) in [7, 11) is 1.89. The summed E-state index contributed by atoms with van der Waals surface area (Å²) < 4.78 is 0. The summed E-state index contributed by atoms with van der Waals surface area (Å²) in [5.41, 5.74) is 8.24. The van der Waals surface area contributed by atoms with Gasteiger partial charge in [0.15, 0.2) is 0 Å². The van der Waals surface area contributed by atoms with E-state index in [4.69, 9.17) is 5.73 Å². The second kappa shape index (κ2) is 7.61. The number of hydrogen-bond donors (Lipinski definition) is 2. The lowest BCUT2D eigenvalue weighted by Crippen LogP contribution is -2.38. The standard InChI is InChI=1S/C23H25N7O/c1-13-25-6-4-20(28-13)29-21-11-15(3-5-26-21)17-10-18(22(24)27-12-17)23(31)30(2)19-9-14-7-16(19)8-14/h3-6,10-12,14,16,19H,7-9H2,1-2H3,(H2,24,27)(H,25,26,28,29). The molecule has 3 aromatic heterocycles. The lowest BCUT2D eigenvalue weighted by molar-refractivity contribution is 0.0702. The van der Waals surface area contributed by atoms with Crippen molar-refractivity contribution in [3.63, 3.8) is 0 Å². The third-order valence-electron chi connectivity index (χ3n) is 6.48. The van der Waals surface area contributed by atoms with Gasteiger partial charge in [0.25, 0.3) is 5.91 Å². The molecule has 1 unspecified atom stereocenters. The number of rotatable bonds is 5. The molecule has 8 heteroatoms. The number of pyridine rings is 2. The number of nitrogens with zero attached hydrogens (tertiary/aromatic N) is 5. The lowest BCUT2D eigenvalue weighted by atomic mass is 9.84. The molecule has 3 aliphatic carbocycles. The molecule has 0 radical (unpaired) electrons. The fourth-order valence-corrected chi connectivity index (χ4v) is 4.78. The second-order valence-corrected chi connectivity index (χ2v) is 8.52. The quantitative estimate of drug-likeness (QED) is 0.657. The van der Waals surface area contributed by atoms with E-state index >= 15 is 0 Å². The molecule has 3 heterocycles. The van der Waals surface area contributed by atoms with Gasteiger partial charge in [-0.3, -0.25) is 4.79 Å². The molecular weight excluding hydrogens is 390 g/mol. The Morgan fingerprint density at radius 1 is 1.06 bits per heavy atom. The van der Waals surface area contributed by atoms with Crippen LogP contribution >= 0.6 is 0 Å². The summed E-state index contributed by atoms with van der Waals surface area (Å²) in [5.74, 6) is 3.60. The maximum atomic E-state index is 13.2. The fraction of sp³-hybridized carbons (Fsp3) is 0.348. The van der Waals surface area contributed by atoms with Crippen molar-refractivity contribution in [3.05, 3.63) is 54.2 Å². The van der Waals surface area contributed by atoms with Crippen molar-refractivity contribution in [3.8, 4) is 11.1 Å². The molecule has 1 atom stereocenters. The minimum atomic E-state index is -0.0618. The van der Waals surface area contributed by atoms with E-state index in [0.29, 0.717) is 35.0 Å². The molecule has 31 heavy (non-hydrogen) atoms. The Labute approximate surface area is 181 Å². The van der Waals surface area contributed by atoms with Gasteiger partial charge in [-0.2, -0.15) is 0 Å². The Kier molecular flexibility index (Phi) is 4.77. The fourth-order valence-electron chi connectivity index (χ4n) is 4.78. The van der Waals surface area contributed by atoms with Gasteiger partial charge in [-0.25, -0.2) is 19.9 Å². The van der Waals surface area contributed by atoms with Crippen molar-refractivity contribution in [1.82, 2.24) is 24.8 Å². The number of carbonyl (C=O) groups is 1. The smallest absolute Gasteiger partial charge is 0.257 e. The summed E-state index contributed by atoms with van der Waals surface area (Å²) in [6.45, 7) is 1.83. The van der Waals surface area contributed by atoms with Crippen molar-refractivity contribution in [2.75, 3.05) is 18.1 Å². The number of amides is 1. The largest absolute Gasteiger partial charge is 0.383 e. The first-order chi connectivity index (χ1) is 15.0. The minimum Gasteiger partial charge on any atom is -0.383 e. The van der Waals surface area contributed by atoms with Gasteiger partial charge in [0, 0.05) is 37.2 Å². The summed E-state index contributed by atoms with van der Waals surface area (Å²) in [4.78, 5) is 32.2. The van der Waals surface area contributed by atoms with E-state index in [0.717, 1.165) is 23.5 Å². The number of aryl methyl sites for hydroxylation is 1. The second-order valence-electron chi connectivity index (χ2n) is 8.52. The van der Waals surface area contributed by atoms with Crippen LogP contribution in [0, 0.1) is 18.8 Å². The highest BCUT2D eigenvalue weighted by molar-refractivity contribution is 5.99. The molecule has 0 aliphatic heterocycles. The number of carbonyl (C=O) groups excluding carboxylic acids is 1. The van der Waals surface area contributed by atoms with Crippen LogP contribution in [-0.2, 0) is 0 Å². The molecule has 2 bridgehead atoms. The lowest BCUT2D eigenvalue weighted by Gasteiger charge is -2.30. The van der Waals surface area contributed by atoms with Gasteiger partial charge in [-0.1, -0.05) is 0 Å². The molecule has 3 aromatic rings. The number of nitrogens with one attached hydrogen (secondary N) is 1. The van der Waals surface area contributed by atoms with Crippen molar-refractivity contribution in [2.24, 2.45) is 11.8 Å². The summed E-state index contributed by atoms with van der Waals surface area (Å²) in [6, 6.07) is 7.70. The van der Waals surface area contributed by atoms with Crippen LogP contribution in [0.25, 0.3) is 11.1 Å². The van der Waals surface area contributed by atoms with E-state index in [1.54, 1.807) is 24.7 Å². The van der Waals surface area contributed by atoms with Crippen LogP contribution in [0.15, 0.2) is 42.9 Å². The normalized spacial score (nSPS) is 21.4. The molecule has 6 rings (SSSR count). The Bertz CT molecular complexity index is 1140. The van der Waals surface area contributed by atoms with E-state index in [-0.39, 0.29) is 11.7 Å². The summed E-state index contributed by atoms with van der Waals surface area (Å²) >= 11 is 0. The van der Waals surface area contributed by atoms with Crippen molar-refractivity contribution < 1.29 is 4.79 Å². The molecular formula is C23H25N7O. The van der Waals surface area contributed by atoms with Gasteiger partial charge in [-0.15, -0.1) is 0 Å². The van der Waals surface area contributed by atoms with Crippen LogP contribution in [0.2, 0.25) is 0 Å². The average molecular weight is 416 g/mol. The highest BCUT2D eigenvalue weighted by Crippen LogP contribution is 2.50. The third-order valence-corrected chi connectivity index (χ3v) is 6.48. The monoisotopic (exact) mass is 415 g/mol. The first-order valence-corrected chi connectivity index (χ1v) is 10.5. The molecule has 158 valence electrons. The highest BCUT2D eigenvalue weighted by atomic mass is 16.2. The SMILES string of the molecule is Cc1nccc(Nc2cc(-c3cnc(N)c(C(=O)N(C)C4CC5CC4C5)c3)ccn2)n1. The zero-order chi connectivity index (χ0) is 21.5. The molecule has 0 spiro atoms. The van der Waals surface area contributed by atoms with Crippen LogP contribution in [0.4, 0.5) is 17.5 Å².